The number of rotatable bonds is 6. The Morgan fingerprint density at radius 1 is 0.447 bits per heavy atom. The van der Waals surface area contributed by atoms with Crippen molar-refractivity contribution in [3.63, 3.8) is 0 Å². The quantitative estimate of drug-likeness (QED) is 0.251. The number of benzene rings is 5. The second-order valence-corrected chi connectivity index (χ2v) is 10.5. The molecule has 0 aliphatic carbocycles. The minimum absolute atomic E-state index is 1.09. The lowest BCUT2D eigenvalue weighted by Gasteiger charge is -2.29. The molecule has 0 saturated heterocycles. The van der Waals surface area contributed by atoms with Crippen LogP contribution in [0.15, 0.2) is 103 Å². The number of hydrogen-bond acceptors (Lipinski definition) is 2. The van der Waals surface area contributed by atoms with Gasteiger partial charge in [-0.2, -0.15) is 0 Å². The Kier molecular flexibility index (Phi) is 7.07. The second-order valence-electron chi connectivity index (χ2n) is 10.5. The fourth-order valence-corrected chi connectivity index (χ4v) is 5.18. The van der Waals surface area contributed by atoms with Gasteiger partial charge in [-0.05, 0) is 112 Å². The minimum Gasteiger partial charge on any atom is -0.355 e. The summed E-state index contributed by atoms with van der Waals surface area (Å²) in [5.74, 6) is 0. The maximum atomic E-state index is 3.55. The molecular formula is C36H36N2. The highest BCUT2D eigenvalue weighted by atomic mass is 15.1. The SMILES string of the molecule is Cc1ccc(Nc2ccc(-c3ccc(N(c4ccc(C)cc4C)c4ccc(C)cc4C)cc3)cc2)c(C)c1. The summed E-state index contributed by atoms with van der Waals surface area (Å²) < 4.78 is 0. The van der Waals surface area contributed by atoms with Gasteiger partial charge in [0.25, 0.3) is 0 Å². The molecule has 0 saturated carbocycles. The molecular weight excluding hydrogens is 460 g/mol. The van der Waals surface area contributed by atoms with Crippen molar-refractivity contribution in [1.29, 1.82) is 0 Å². The van der Waals surface area contributed by atoms with Crippen LogP contribution in [-0.4, -0.2) is 0 Å². The summed E-state index contributed by atoms with van der Waals surface area (Å²) >= 11 is 0. The number of anilines is 5. The molecule has 1 N–H and O–H groups in total. The van der Waals surface area contributed by atoms with Crippen LogP contribution in [0, 0.1) is 41.5 Å². The molecule has 2 heteroatoms. The van der Waals surface area contributed by atoms with E-state index in [9.17, 15) is 0 Å². The van der Waals surface area contributed by atoms with Gasteiger partial charge in [-0.1, -0.05) is 77.4 Å². The first kappa shape index (κ1) is 25.4. The third-order valence-corrected chi connectivity index (χ3v) is 7.19. The van der Waals surface area contributed by atoms with Crippen molar-refractivity contribution in [3.05, 3.63) is 137 Å². The summed E-state index contributed by atoms with van der Waals surface area (Å²) in [5.41, 5.74) is 15.8. The van der Waals surface area contributed by atoms with E-state index in [2.05, 4.69) is 155 Å². The van der Waals surface area contributed by atoms with Gasteiger partial charge in [0.15, 0.2) is 0 Å². The smallest absolute Gasteiger partial charge is 0.0491 e. The zero-order chi connectivity index (χ0) is 26.8. The fourth-order valence-electron chi connectivity index (χ4n) is 5.18. The van der Waals surface area contributed by atoms with E-state index >= 15 is 0 Å². The van der Waals surface area contributed by atoms with Gasteiger partial charge in [-0.15, -0.1) is 0 Å². The highest BCUT2D eigenvalue weighted by Gasteiger charge is 2.17. The lowest BCUT2D eigenvalue weighted by Crippen LogP contribution is -2.12. The van der Waals surface area contributed by atoms with Crippen molar-refractivity contribution < 1.29 is 0 Å². The molecule has 0 radical (unpaired) electrons. The molecule has 2 nitrogen and oxygen atoms in total. The van der Waals surface area contributed by atoms with Crippen LogP contribution in [0.2, 0.25) is 0 Å². The number of nitrogens with one attached hydrogen (secondary N) is 1. The number of aryl methyl sites for hydroxylation is 6. The molecule has 5 rings (SSSR count). The summed E-state index contributed by atoms with van der Waals surface area (Å²) in [5, 5.41) is 3.55. The van der Waals surface area contributed by atoms with Gasteiger partial charge in [0.05, 0.1) is 0 Å². The maximum Gasteiger partial charge on any atom is 0.0491 e. The van der Waals surface area contributed by atoms with Crippen LogP contribution in [-0.2, 0) is 0 Å². The molecule has 0 amide bonds. The number of nitrogens with zero attached hydrogens (tertiary/aromatic N) is 1. The molecule has 5 aromatic rings. The first-order valence-electron chi connectivity index (χ1n) is 13.3. The summed E-state index contributed by atoms with van der Waals surface area (Å²) in [4.78, 5) is 2.38. The summed E-state index contributed by atoms with van der Waals surface area (Å²) in [6, 6.07) is 37.5. The van der Waals surface area contributed by atoms with Crippen molar-refractivity contribution >= 4 is 28.4 Å². The van der Waals surface area contributed by atoms with E-state index in [0.29, 0.717) is 0 Å². The Morgan fingerprint density at radius 2 is 0.895 bits per heavy atom. The minimum atomic E-state index is 1.09. The van der Waals surface area contributed by atoms with Crippen LogP contribution in [0.25, 0.3) is 11.1 Å². The molecule has 0 atom stereocenters. The molecule has 190 valence electrons. The molecule has 0 bridgehead atoms. The molecule has 0 aromatic heterocycles. The lowest BCUT2D eigenvalue weighted by atomic mass is 10.0. The van der Waals surface area contributed by atoms with E-state index in [0.717, 1.165) is 17.1 Å². The molecule has 0 aliphatic rings. The Balaban J connectivity index is 1.45. The van der Waals surface area contributed by atoms with E-state index in [4.69, 9.17) is 0 Å². The molecule has 0 heterocycles. The highest BCUT2D eigenvalue weighted by Crippen LogP contribution is 2.39. The van der Waals surface area contributed by atoms with Crippen molar-refractivity contribution in [1.82, 2.24) is 0 Å². The Bertz CT molecular complexity index is 1530. The van der Waals surface area contributed by atoms with Crippen LogP contribution in [0.4, 0.5) is 28.4 Å². The predicted octanol–water partition coefficient (Wildman–Crippen LogP) is 10.4. The van der Waals surface area contributed by atoms with Gasteiger partial charge in [-0.3, -0.25) is 0 Å². The lowest BCUT2D eigenvalue weighted by molar-refractivity contribution is 1.21. The largest absolute Gasteiger partial charge is 0.355 e. The average Bonchev–Trinajstić information content (AvgIpc) is 2.89. The zero-order valence-electron chi connectivity index (χ0n) is 23.3. The molecule has 0 unspecified atom stereocenters. The highest BCUT2D eigenvalue weighted by molar-refractivity contribution is 5.81. The van der Waals surface area contributed by atoms with E-state index in [1.165, 1.54) is 55.9 Å². The van der Waals surface area contributed by atoms with E-state index in [1.807, 2.05) is 0 Å². The Morgan fingerprint density at radius 3 is 1.37 bits per heavy atom. The molecule has 38 heavy (non-hydrogen) atoms. The van der Waals surface area contributed by atoms with Crippen molar-refractivity contribution in [2.75, 3.05) is 10.2 Å². The van der Waals surface area contributed by atoms with Gasteiger partial charge >= 0.3 is 0 Å². The van der Waals surface area contributed by atoms with Gasteiger partial charge in [0.2, 0.25) is 0 Å². The molecule has 0 aliphatic heterocycles. The van der Waals surface area contributed by atoms with Crippen LogP contribution in [0.3, 0.4) is 0 Å². The third-order valence-electron chi connectivity index (χ3n) is 7.19. The van der Waals surface area contributed by atoms with Crippen molar-refractivity contribution in [2.24, 2.45) is 0 Å². The number of hydrogen-bond donors (Lipinski definition) is 1. The van der Waals surface area contributed by atoms with Crippen LogP contribution < -0.4 is 10.2 Å². The van der Waals surface area contributed by atoms with E-state index in [-0.39, 0.29) is 0 Å². The third kappa shape index (κ3) is 5.35. The van der Waals surface area contributed by atoms with Crippen molar-refractivity contribution in [2.45, 2.75) is 41.5 Å². The average molecular weight is 497 g/mol. The van der Waals surface area contributed by atoms with E-state index in [1.54, 1.807) is 0 Å². The summed E-state index contributed by atoms with van der Waals surface area (Å²) in [7, 11) is 0. The monoisotopic (exact) mass is 496 g/mol. The van der Waals surface area contributed by atoms with Gasteiger partial charge in [0, 0.05) is 28.4 Å². The predicted molar refractivity (Wildman–Crippen MR) is 165 cm³/mol. The van der Waals surface area contributed by atoms with Gasteiger partial charge < -0.3 is 10.2 Å². The Hall–Kier alpha value is -4.30. The standard InChI is InChI=1S/C36H36N2/c1-24-7-18-34(27(4)21-24)37-32-14-10-30(11-15-32)31-12-16-33(17-13-31)38(35-19-8-25(2)22-28(35)5)36-20-9-26(3)23-29(36)6/h7-23,37H,1-6H3. The Labute approximate surface area is 227 Å². The summed E-state index contributed by atoms with van der Waals surface area (Å²) in [6.07, 6.45) is 0. The first-order chi connectivity index (χ1) is 18.3. The molecule has 0 spiro atoms. The van der Waals surface area contributed by atoms with Gasteiger partial charge in [-0.25, -0.2) is 0 Å². The fraction of sp³-hybridized carbons (Fsp3) is 0.167. The van der Waals surface area contributed by atoms with E-state index < -0.39 is 0 Å². The molecule has 0 fully saturated rings. The van der Waals surface area contributed by atoms with Crippen molar-refractivity contribution in [3.8, 4) is 11.1 Å². The van der Waals surface area contributed by atoms with Crippen LogP contribution >= 0.6 is 0 Å². The van der Waals surface area contributed by atoms with Crippen LogP contribution in [0.1, 0.15) is 33.4 Å². The van der Waals surface area contributed by atoms with Crippen LogP contribution in [0.5, 0.6) is 0 Å². The summed E-state index contributed by atoms with van der Waals surface area (Å²) in [6.45, 7) is 13.0. The maximum absolute atomic E-state index is 3.55. The zero-order valence-corrected chi connectivity index (χ0v) is 23.3. The first-order valence-corrected chi connectivity index (χ1v) is 13.3. The van der Waals surface area contributed by atoms with Gasteiger partial charge in [0.1, 0.15) is 0 Å². The second kappa shape index (κ2) is 10.6. The topological polar surface area (TPSA) is 15.3 Å². The molecule has 5 aromatic carbocycles. The normalized spacial score (nSPS) is 10.9.